The van der Waals surface area contributed by atoms with Crippen LogP contribution in [0.1, 0.15) is 26.3 Å². The highest BCUT2D eigenvalue weighted by atomic mass is 16.5. The van der Waals surface area contributed by atoms with E-state index < -0.39 is 0 Å². The topological polar surface area (TPSA) is 81.1 Å². The SMILES string of the molecule is CCOc1cc2ncnc(N/N=C/c3ccc(N(C)C)cc3)c2c(OCC)c1OCC. The molecule has 0 saturated carbocycles. The molecule has 0 fully saturated rings. The molecule has 3 rings (SSSR count). The summed E-state index contributed by atoms with van der Waals surface area (Å²) in [5.41, 5.74) is 5.80. The van der Waals surface area contributed by atoms with Crippen molar-refractivity contribution in [2.75, 3.05) is 44.2 Å². The van der Waals surface area contributed by atoms with Gasteiger partial charge in [0.15, 0.2) is 17.3 Å². The maximum Gasteiger partial charge on any atom is 0.204 e. The summed E-state index contributed by atoms with van der Waals surface area (Å²) in [7, 11) is 4.02. The lowest BCUT2D eigenvalue weighted by Gasteiger charge is -2.18. The summed E-state index contributed by atoms with van der Waals surface area (Å²) >= 11 is 0. The van der Waals surface area contributed by atoms with Gasteiger partial charge in [-0.1, -0.05) is 12.1 Å². The van der Waals surface area contributed by atoms with Crippen molar-refractivity contribution >= 4 is 28.6 Å². The smallest absolute Gasteiger partial charge is 0.204 e. The Hall–Kier alpha value is -3.55. The first-order valence-electron chi connectivity index (χ1n) is 10.4. The molecular weight excluding hydrogens is 394 g/mol. The number of nitrogens with zero attached hydrogens (tertiary/aromatic N) is 4. The van der Waals surface area contributed by atoms with Gasteiger partial charge in [0.25, 0.3) is 0 Å². The molecule has 0 amide bonds. The van der Waals surface area contributed by atoms with Crippen molar-refractivity contribution in [1.29, 1.82) is 0 Å². The van der Waals surface area contributed by atoms with Gasteiger partial charge in [-0.3, -0.25) is 5.43 Å². The monoisotopic (exact) mass is 423 g/mol. The van der Waals surface area contributed by atoms with Crippen LogP contribution in [0.5, 0.6) is 17.2 Å². The van der Waals surface area contributed by atoms with Crippen molar-refractivity contribution in [1.82, 2.24) is 9.97 Å². The molecule has 0 aliphatic heterocycles. The van der Waals surface area contributed by atoms with E-state index in [-0.39, 0.29) is 0 Å². The average molecular weight is 424 g/mol. The quantitative estimate of drug-likeness (QED) is 0.384. The number of hydrazone groups is 1. The van der Waals surface area contributed by atoms with Crippen LogP contribution in [0.25, 0.3) is 10.9 Å². The van der Waals surface area contributed by atoms with Crippen molar-refractivity contribution in [2.24, 2.45) is 5.10 Å². The molecule has 1 aromatic heterocycles. The summed E-state index contributed by atoms with van der Waals surface area (Å²) < 4.78 is 17.6. The Morgan fingerprint density at radius 2 is 1.61 bits per heavy atom. The molecule has 0 aliphatic carbocycles. The fourth-order valence-corrected chi connectivity index (χ4v) is 3.08. The molecule has 8 heteroatoms. The van der Waals surface area contributed by atoms with Crippen LogP contribution in [0.15, 0.2) is 41.8 Å². The molecule has 0 unspecified atom stereocenters. The largest absolute Gasteiger partial charge is 0.490 e. The first-order valence-corrected chi connectivity index (χ1v) is 10.4. The number of fused-ring (bicyclic) bond motifs is 1. The third-order valence-electron chi connectivity index (χ3n) is 4.47. The minimum Gasteiger partial charge on any atom is -0.490 e. The molecule has 0 saturated heterocycles. The van der Waals surface area contributed by atoms with Gasteiger partial charge in [-0.25, -0.2) is 9.97 Å². The van der Waals surface area contributed by atoms with E-state index in [0.29, 0.717) is 53.8 Å². The molecule has 164 valence electrons. The van der Waals surface area contributed by atoms with Gasteiger partial charge in [-0.2, -0.15) is 5.10 Å². The fourth-order valence-electron chi connectivity index (χ4n) is 3.08. The predicted octanol–water partition coefficient (Wildman–Crippen LogP) is 4.34. The van der Waals surface area contributed by atoms with Crippen LogP contribution in [0, 0.1) is 0 Å². The molecule has 0 radical (unpaired) electrons. The van der Waals surface area contributed by atoms with E-state index in [1.165, 1.54) is 6.33 Å². The average Bonchev–Trinajstić information content (AvgIpc) is 2.76. The minimum absolute atomic E-state index is 0.459. The Bertz CT molecular complexity index is 1040. The van der Waals surface area contributed by atoms with Gasteiger partial charge in [0.05, 0.1) is 36.9 Å². The Morgan fingerprint density at radius 1 is 0.935 bits per heavy atom. The van der Waals surface area contributed by atoms with E-state index in [0.717, 1.165) is 11.3 Å². The number of rotatable bonds is 10. The van der Waals surface area contributed by atoms with Crippen molar-refractivity contribution in [3.05, 3.63) is 42.2 Å². The Morgan fingerprint density at radius 3 is 2.26 bits per heavy atom. The summed E-state index contributed by atoms with van der Waals surface area (Å²) in [6.45, 7) is 7.20. The predicted molar refractivity (Wildman–Crippen MR) is 125 cm³/mol. The van der Waals surface area contributed by atoms with E-state index >= 15 is 0 Å². The van der Waals surface area contributed by atoms with Gasteiger partial charge in [0, 0.05) is 25.8 Å². The number of anilines is 2. The van der Waals surface area contributed by atoms with E-state index in [2.05, 4.69) is 20.5 Å². The van der Waals surface area contributed by atoms with E-state index in [1.54, 1.807) is 6.21 Å². The van der Waals surface area contributed by atoms with E-state index in [4.69, 9.17) is 14.2 Å². The standard InChI is InChI=1S/C23H29N5O3/c1-6-29-19-13-18-20(22(31-8-3)21(19)30-7-2)23(25-15-24-18)27-26-14-16-9-11-17(12-10-16)28(4)5/h9-15H,6-8H2,1-5H3,(H,24,25,27)/b26-14+. The van der Waals surface area contributed by atoms with Gasteiger partial charge < -0.3 is 19.1 Å². The zero-order valence-electron chi connectivity index (χ0n) is 18.7. The second kappa shape index (κ2) is 10.5. The maximum absolute atomic E-state index is 5.95. The highest BCUT2D eigenvalue weighted by Crippen LogP contribution is 2.45. The van der Waals surface area contributed by atoms with Crippen LogP contribution in [0.2, 0.25) is 0 Å². The first-order chi connectivity index (χ1) is 15.1. The Labute approximate surface area is 182 Å². The molecular formula is C23H29N5O3. The zero-order chi connectivity index (χ0) is 22.2. The maximum atomic E-state index is 5.95. The molecule has 2 aromatic carbocycles. The van der Waals surface area contributed by atoms with E-state index in [1.807, 2.05) is 70.1 Å². The van der Waals surface area contributed by atoms with Crippen LogP contribution in [-0.2, 0) is 0 Å². The lowest BCUT2D eigenvalue weighted by molar-refractivity contribution is 0.263. The molecule has 0 bridgehead atoms. The lowest BCUT2D eigenvalue weighted by Crippen LogP contribution is -2.08. The van der Waals surface area contributed by atoms with Crippen LogP contribution in [0.4, 0.5) is 11.5 Å². The molecule has 3 aromatic rings. The second-order valence-electron chi connectivity index (χ2n) is 6.80. The number of hydrogen-bond donors (Lipinski definition) is 1. The molecule has 0 atom stereocenters. The van der Waals surface area contributed by atoms with Gasteiger partial charge in [-0.15, -0.1) is 0 Å². The zero-order valence-corrected chi connectivity index (χ0v) is 18.7. The summed E-state index contributed by atoms with van der Waals surface area (Å²) in [6, 6.07) is 9.93. The number of hydrogen-bond acceptors (Lipinski definition) is 8. The molecule has 31 heavy (non-hydrogen) atoms. The molecule has 0 aliphatic rings. The molecule has 1 heterocycles. The molecule has 8 nitrogen and oxygen atoms in total. The highest BCUT2D eigenvalue weighted by molar-refractivity contribution is 5.98. The first kappa shape index (κ1) is 22.1. The van der Waals surface area contributed by atoms with E-state index in [9.17, 15) is 0 Å². The number of ether oxygens (including phenoxy) is 3. The van der Waals surface area contributed by atoms with Gasteiger partial charge in [0.1, 0.15) is 6.33 Å². The third kappa shape index (κ3) is 5.14. The fraction of sp³-hybridized carbons (Fsp3) is 0.348. The summed E-state index contributed by atoms with van der Waals surface area (Å²) in [5.74, 6) is 2.20. The minimum atomic E-state index is 0.459. The van der Waals surface area contributed by atoms with Crippen molar-refractivity contribution in [3.63, 3.8) is 0 Å². The Kier molecular flexibility index (Phi) is 7.48. The summed E-state index contributed by atoms with van der Waals surface area (Å²) in [4.78, 5) is 10.8. The third-order valence-corrected chi connectivity index (χ3v) is 4.47. The van der Waals surface area contributed by atoms with Crippen molar-refractivity contribution in [3.8, 4) is 17.2 Å². The van der Waals surface area contributed by atoms with Crippen LogP contribution < -0.4 is 24.5 Å². The van der Waals surface area contributed by atoms with Crippen molar-refractivity contribution < 1.29 is 14.2 Å². The summed E-state index contributed by atoms with van der Waals surface area (Å²) in [5, 5.41) is 5.06. The molecule has 1 N–H and O–H groups in total. The number of benzene rings is 2. The van der Waals surface area contributed by atoms with Crippen LogP contribution in [-0.4, -0.2) is 50.1 Å². The van der Waals surface area contributed by atoms with Crippen LogP contribution in [0.3, 0.4) is 0 Å². The normalized spacial score (nSPS) is 11.0. The Balaban J connectivity index is 1.98. The van der Waals surface area contributed by atoms with Gasteiger partial charge in [0.2, 0.25) is 5.75 Å². The van der Waals surface area contributed by atoms with Gasteiger partial charge in [-0.05, 0) is 38.5 Å². The highest BCUT2D eigenvalue weighted by Gasteiger charge is 2.21. The van der Waals surface area contributed by atoms with Gasteiger partial charge >= 0.3 is 0 Å². The van der Waals surface area contributed by atoms with Crippen molar-refractivity contribution in [2.45, 2.75) is 20.8 Å². The molecule has 0 spiro atoms. The number of nitrogens with one attached hydrogen (secondary N) is 1. The van der Waals surface area contributed by atoms with Crippen LogP contribution >= 0.6 is 0 Å². The number of aromatic nitrogens is 2. The lowest BCUT2D eigenvalue weighted by atomic mass is 10.1. The second-order valence-corrected chi connectivity index (χ2v) is 6.80. The summed E-state index contributed by atoms with van der Waals surface area (Å²) in [6.07, 6.45) is 3.23.